The van der Waals surface area contributed by atoms with E-state index in [1.54, 1.807) is 5.56 Å². The van der Waals surface area contributed by atoms with Crippen molar-refractivity contribution in [2.45, 2.75) is 44.4 Å². The fourth-order valence-corrected chi connectivity index (χ4v) is 2.94. The van der Waals surface area contributed by atoms with Crippen LogP contribution >= 0.6 is 12.4 Å². The average Bonchev–Trinajstić information content (AvgIpc) is 2.74. The van der Waals surface area contributed by atoms with E-state index in [4.69, 9.17) is 0 Å². The lowest BCUT2D eigenvalue weighted by atomic mass is 9.87. The second kappa shape index (κ2) is 5.19. The Kier molecular flexibility index (Phi) is 3.87. The van der Waals surface area contributed by atoms with Crippen LogP contribution in [0.25, 0.3) is 0 Å². The highest BCUT2D eigenvalue weighted by Gasteiger charge is 2.24. The quantitative estimate of drug-likeness (QED) is 0.791. The summed E-state index contributed by atoms with van der Waals surface area (Å²) in [5.41, 5.74) is 4.38. The van der Waals surface area contributed by atoms with Gasteiger partial charge in [-0.15, -0.1) is 12.4 Å². The molecule has 0 bridgehead atoms. The topological polar surface area (TPSA) is 40.7 Å². The molecule has 0 spiro atoms. The maximum Gasteiger partial charge on any atom is 0.0688 e. The van der Waals surface area contributed by atoms with Crippen LogP contribution in [0.4, 0.5) is 0 Å². The number of halogens is 1. The lowest BCUT2D eigenvalue weighted by Crippen LogP contribution is -2.27. The zero-order chi connectivity index (χ0) is 10.1. The third-order valence-electron chi connectivity index (χ3n) is 3.81. The summed E-state index contributed by atoms with van der Waals surface area (Å²) >= 11 is 0. The summed E-state index contributed by atoms with van der Waals surface area (Å²) in [5.74, 6) is 0.712. The highest BCUT2D eigenvalue weighted by atomic mass is 35.5. The van der Waals surface area contributed by atoms with Crippen LogP contribution in [0.2, 0.25) is 0 Å². The zero-order valence-electron chi connectivity index (χ0n) is 9.59. The Morgan fingerprint density at radius 1 is 1.06 bits per heavy atom. The van der Waals surface area contributed by atoms with E-state index in [0.717, 1.165) is 13.1 Å². The predicted molar refractivity (Wildman–Crippen MR) is 67.3 cm³/mol. The zero-order valence-corrected chi connectivity index (χ0v) is 10.4. The summed E-state index contributed by atoms with van der Waals surface area (Å²) in [4.78, 5) is 0. The normalized spacial score (nSPS) is 21.2. The molecule has 1 aromatic rings. The van der Waals surface area contributed by atoms with Gasteiger partial charge in [0.25, 0.3) is 0 Å². The molecule has 1 saturated heterocycles. The second-order valence-electron chi connectivity index (χ2n) is 4.80. The monoisotopic (exact) mass is 241 g/mol. The lowest BCUT2D eigenvalue weighted by molar-refractivity contribution is 0.450. The Bertz CT molecular complexity index is 342. The molecule has 0 radical (unpaired) electrons. The van der Waals surface area contributed by atoms with Crippen molar-refractivity contribution in [3.63, 3.8) is 0 Å². The molecule has 90 valence electrons. The summed E-state index contributed by atoms with van der Waals surface area (Å²) in [6, 6.07) is 0. The van der Waals surface area contributed by atoms with Gasteiger partial charge >= 0.3 is 0 Å². The van der Waals surface area contributed by atoms with Crippen molar-refractivity contribution in [3.8, 4) is 0 Å². The molecule has 1 aliphatic carbocycles. The van der Waals surface area contributed by atoms with Crippen LogP contribution in [-0.2, 0) is 12.8 Å². The molecule has 0 atom stereocenters. The number of aromatic amines is 1. The Hall–Kier alpha value is -0.540. The first kappa shape index (κ1) is 11.9. The van der Waals surface area contributed by atoms with Crippen LogP contribution < -0.4 is 5.32 Å². The SMILES string of the molecule is C1CCc2c(C3CCNCC3)n[nH]c2C1.Cl. The molecular formula is C12H20ClN3. The summed E-state index contributed by atoms with van der Waals surface area (Å²) in [6.45, 7) is 2.32. The van der Waals surface area contributed by atoms with Gasteiger partial charge in [0.05, 0.1) is 5.69 Å². The molecule has 0 aromatic carbocycles. The van der Waals surface area contributed by atoms with Crippen LogP contribution in [0.15, 0.2) is 0 Å². The first-order valence-corrected chi connectivity index (χ1v) is 6.22. The number of aryl methyl sites for hydroxylation is 1. The molecule has 1 fully saturated rings. The van der Waals surface area contributed by atoms with Crippen molar-refractivity contribution in [1.29, 1.82) is 0 Å². The molecule has 0 amide bonds. The molecule has 3 nitrogen and oxygen atoms in total. The van der Waals surface area contributed by atoms with Gasteiger partial charge in [0.1, 0.15) is 0 Å². The van der Waals surface area contributed by atoms with Crippen LogP contribution in [0.1, 0.15) is 48.6 Å². The third-order valence-corrected chi connectivity index (χ3v) is 3.81. The van der Waals surface area contributed by atoms with Gasteiger partial charge in [-0.05, 0) is 57.2 Å². The number of nitrogens with zero attached hydrogens (tertiary/aromatic N) is 1. The minimum absolute atomic E-state index is 0. The summed E-state index contributed by atoms with van der Waals surface area (Å²) in [5, 5.41) is 11.2. The molecule has 3 rings (SSSR count). The van der Waals surface area contributed by atoms with Gasteiger partial charge in [0.15, 0.2) is 0 Å². The molecule has 1 aliphatic heterocycles. The number of fused-ring (bicyclic) bond motifs is 1. The van der Waals surface area contributed by atoms with Gasteiger partial charge in [-0.25, -0.2) is 0 Å². The summed E-state index contributed by atoms with van der Waals surface area (Å²) in [7, 11) is 0. The van der Waals surface area contributed by atoms with Gasteiger partial charge in [0.2, 0.25) is 0 Å². The minimum atomic E-state index is 0. The number of rotatable bonds is 1. The Morgan fingerprint density at radius 2 is 1.81 bits per heavy atom. The van der Waals surface area contributed by atoms with Crippen molar-refractivity contribution < 1.29 is 0 Å². The van der Waals surface area contributed by atoms with E-state index in [9.17, 15) is 0 Å². The fraction of sp³-hybridized carbons (Fsp3) is 0.750. The highest BCUT2D eigenvalue weighted by Crippen LogP contribution is 2.31. The first-order valence-electron chi connectivity index (χ1n) is 6.22. The molecule has 2 N–H and O–H groups in total. The number of H-pyrrole nitrogens is 1. The Balaban J connectivity index is 0.000000963. The summed E-state index contributed by atoms with van der Waals surface area (Å²) in [6.07, 6.45) is 7.68. The van der Waals surface area contributed by atoms with Gasteiger partial charge in [0, 0.05) is 11.6 Å². The van der Waals surface area contributed by atoms with Crippen LogP contribution in [-0.4, -0.2) is 23.3 Å². The Morgan fingerprint density at radius 3 is 2.62 bits per heavy atom. The van der Waals surface area contributed by atoms with Crippen LogP contribution in [0.3, 0.4) is 0 Å². The van der Waals surface area contributed by atoms with Crippen LogP contribution in [0.5, 0.6) is 0 Å². The minimum Gasteiger partial charge on any atom is -0.317 e. The number of hydrogen-bond acceptors (Lipinski definition) is 2. The van der Waals surface area contributed by atoms with E-state index in [-0.39, 0.29) is 12.4 Å². The van der Waals surface area contributed by atoms with E-state index in [1.165, 1.54) is 49.9 Å². The fourth-order valence-electron chi connectivity index (χ4n) is 2.94. The van der Waals surface area contributed by atoms with E-state index in [2.05, 4.69) is 15.5 Å². The number of piperidine rings is 1. The number of aromatic nitrogens is 2. The van der Waals surface area contributed by atoms with Crippen molar-refractivity contribution in [1.82, 2.24) is 15.5 Å². The highest BCUT2D eigenvalue weighted by molar-refractivity contribution is 5.85. The second-order valence-corrected chi connectivity index (χ2v) is 4.80. The molecule has 0 unspecified atom stereocenters. The van der Waals surface area contributed by atoms with Gasteiger partial charge in [-0.1, -0.05) is 0 Å². The van der Waals surface area contributed by atoms with Crippen molar-refractivity contribution >= 4 is 12.4 Å². The molecule has 2 aliphatic rings. The van der Waals surface area contributed by atoms with Crippen molar-refractivity contribution in [3.05, 3.63) is 17.0 Å². The maximum absolute atomic E-state index is 4.57. The third kappa shape index (κ3) is 2.11. The van der Waals surface area contributed by atoms with Crippen molar-refractivity contribution in [2.75, 3.05) is 13.1 Å². The van der Waals surface area contributed by atoms with E-state index >= 15 is 0 Å². The average molecular weight is 242 g/mol. The van der Waals surface area contributed by atoms with E-state index in [1.807, 2.05) is 0 Å². The molecule has 2 heterocycles. The Labute approximate surface area is 103 Å². The molecule has 0 saturated carbocycles. The van der Waals surface area contributed by atoms with Crippen molar-refractivity contribution in [2.24, 2.45) is 0 Å². The predicted octanol–water partition coefficient (Wildman–Crippen LogP) is 2.18. The maximum atomic E-state index is 4.57. The van der Waals surface area contributed by atoms with Gasteiger partial charge < -0.3 is 5.32 Å². The molecule has 4 heteroatoms. The smallest absolute Gasteiger partial charge is 0.0688 e. The molecule has 1 aromatic heterocycles. The number of nitrogens with one attached hydrogen (secondary N) is 2. The standard InChI is InChI=1S/C12H19N3.ClH/c1-2-4-11-10(3-1)12(15-14-11)9-5-7-13-8-6-9;/h9,13H,1-8H2,(H,14,15);1H. The lowest BCUT2D eigenvalue weighted by Gasteiger charge is -2.23. The van der Waals surface area contributed by atoms with E-state index < -0.39 is 0 Å². The first-order chi connectivity index (χ1) is 7.45. The van der Waals surface area contributed by atoms with E-state index in [0.29, 0.717) is 5.92 Å². The van der Waals surface area contributed by atoms with Gasteiger partial charge in [-0.2, -0.15) is 5.10 Å². The molecule has 16 heavy (non-hydrogen) atoms. The van der Waals surface area contributed by atoms with Gasteiger partial charge in [-0.3, -0.25) is 5.10 Å². The van der Waals surface area contributed by atoms with Crippen LogP contribution in [0, 0.1) is 0 Å². The number of hydrogen-bond donors (Lipinski definition) is 2. The molecular weight excluding hydrogens is 222 g/mol. The summed E-state index contributed by atoms with van der Waals surface area (Å²) < 4.78 is 0. The largest absolute Gasteiger partial charge is 0.317 e.